The first kappa shape index (κ1) is 13.3. The van der Waals surface area contributed by atoms with Gasteiger partial charge in [0, 0.05) is 13.6 Å². The average molecular weight is 268 g/mol. The van der Waals surface area contributed by atoms with Crippen LogP contribution in [0.1, 0.15) is 25.7 Å². The zero-order valence-electron chi connectivity index (χ0n) is 10.7. The third kappa shape index (κ3) is 2.51. The number of aliphatic carboxylic acids is 1. The standard InChI is InChI=1S/C11H16N4O4/c1-13-7-12-9(15(18)19)10(13)14-6-4-2-3-5-8(14)11(16)17/h7-8H,2-6H2,1H3,(H,16,17). The SMILES string of the molecule is Cn1cnc([N+](=O)[O-])c1N1CCCCCC1C(=O)O. The maximum absolute atomic E-state index is 11.4. The normalized spacial score (nSPS) is 20.1. The Morgan fingerprint density at radius 1 is 1.53 bits per heavy atom. The van der Waals surface area contributed by atoms with Crippen LogP contribution in [0.4, 0.5) is 11.6 Å². The molecular weight excluding hydrogens is 252 g/mol. The van der Waals surface area contributed by atoms with Crippen molar-refractivity contribution in [2.24, 2.45) is 7.05 Å². The van der Waals surface area contributed by atoms with E-state index in [0.29, 0.717) is 13.0 Å². The maximum Gasteiger partial charge on any atom is 0.406 e. The van der Waals surface area contributed by atoms with Crippen molar-refractivity contribution in [2.45, 2.75) is 31.7 Å². The Hall–Kier alpha value is -2.12. The van der Waals surface area contributed by atoms with Gasteiger partial charge in [0.1, 0.15) is 6.04 Å². The van der Waals surface area contributed by atoms with Gasteiger partial charge in [0.05, 0.1) is 0 Å². The topological polar surface area (TPSA) is 101 Å². The summed E-state index contributed by atoms with van der Waals surface area (Å²) in [6.45, 7) is 0.497. The molecule has 1 saturated heterocycles. The molecule has 0 amide bonds. The fourth-order valence-corrected chi connectivity index (χ4v) is 2.49. The molecule has 2 rings (SSSR count). The lowest BCUT2D eigenvalue weighted by molar-refractivity contribution is -0.388. The van der Waals surface area contributed by atoms with E-state index in [9.17, 15) is 20.0 Å². The molecule has 1 aromatic heterocycles. The smallest absolute Gasteiger partial charge is 0.406 e. The summed E-state index contributed by atoms with van der Waals surface area (Å²) < 4.78 is 1.51. The van der Waals surface area contributed by atoms with Gasteiger partial charge in [-0.05, 0) is 22.7 Å². The Balaban J connectivity index is 2.44. The first-order chi connectivity index (χ1) is 9.02. The summed E-state index contributed by atoms with van der Waals surface area (Å²) in [5, 5.41) is 20.3. The zero-order valence-corrected chi connectivity index (χ0v) is 10.7. The molecule has 0 aromatic carbocycles. The summed E-state index contributed by atoms with van der Waals surface area (Å²) in [5.41, 5.74) is 0. The van der Waals surface area contributed by atoms with Gasteiger partial charge in [-0.15, -0.1) is 0 Å². The molecule has 104 valence electrons. The molecule has 0 bridgehead atoms. The number of carbonyl (C=O) groups is 1. The Morgan fingerprint density at radius 3 is 2.89 bits per heavy atom. The van der Waals surface area contributed by atoms with Gasteiger partial charge in [0.25, 0.3) is 0 Å². The summed E-state index contributed by atoms with van der Waals surface area (Å²) in [6.07, 6.45) is 4.42. The predicted octanol–water partition coefficient (Wildman–Crippen LogP) is 1.16. The number of nitro groups is 1. The minimum atomic E-state index is -0.947. The lowest BCUT2D eigenvalue weighted by Crippen LogP contribution is -2.42. The Bertz CT molecular complexity index is 499. The van der Waals surface area contributed by atoms with E-state index in [1.807, 2.05) is 0 Å². The Morgan fingerprint density at radius 2 is 2.26 bits per heavy atom. The van der Waals surface area contributed by atoms with E-state index >= 15 is 0 Å². The number of rotatable bonds is 3. The van der Waals surface area contributed by atoms with Crippen molar-refractivity contribution < 1.29 is 14.8 Å². The molecule has 19 heavy (non-hydrogen) atoms. The highest BCUT2D eigenvalue weighted by atomic mass is 16.6. The van der Waals surface area contributed by atoms with Gasteiger partial charge in [-0.2, -0.15) is 0 Å². The van der Waals surface area contributed by atoms with Crippen LogP contribution >= 0.6 is 0 Å². The van der Waals surface area contributed by atoms with E-state index < -0.39 is 16.9 Å². The quantitative estimate of drug-likeness (QED) is 0.652. The van der Waals surface area contributed by atoms with Crippen LogP contribution in [-0.4, -0.2) is 38.1 Å². The lowest BCUT2D eigenvalue weighted by Gasteiger charge is -2.27. The first-order valence-corrected chi connectivity index (χ1v) is 6.17. The molecule has 1 N–H and O–H groups in total. The number of aromatic nitrogens is 2. The van der Waals surface area contributed by atoms with Gasteiger partial charge in [0.15, 0.2) is 0 Å². The highest BCUT2D eigenvalue weighted by Gasteiger charge is 2.34. The molecule has 2 heterocycles. The monoisotopic (exact) mass is 268 g/mol. The van der Waals surface area contributed by atoms with Crippen LogP contribution in [0.3, 0.4) is 0 Å². The van der Waals surface area contributed by atoms with E-state index in [4.69, 9.17) is 0 Å². The number of anilines is 1. The van der Waals surface area contributed by atoms with Crippen molar-refractivity contribution >= 4 is 17.6 Å². The van der Waals surface area contributed by atoms with E-state index in [1.54, 1.807) is 11.9 Å². The number of nitrogens with zero attached hydrogens (tertiary/aromatic N) is 4. The van der Waals surface area contributed by atoms with E-state index in [-0.39, 0.29) is 11.6 Å². The van der Waals surface area contributed by atoms with Gasteiger partial charge in [-0.1, -0.05) is 12.8 Å². The molecule has 0 aliphatic carbocycles. The predicted molar refractivity (Wildman–Crippen MR) is 67.1 cm³/mol. The molecule has 8 nitrogen and oxygen atoms in total. The molecule has 0 spiro atoms. The highest BCUT2D eigenvalue weighted by Crippen LogP contribution is 2.31. The molecule has 1 aliphatic heterocycles. The molecular formula is C11H16N4O4. The van der Waals surface area contributed by atoms with E-state index in [2.05, 4.69) is 4.98 Å². The van der Waals surface area contributed by atoms with E-state index in [1.165, 1.54) is 10.9 Å². The van der Waals surface area contributed by atoms with Crippen LogP contribution in [0, 0.1) is 10.1 Å². The second-order valence-electron chi connectivity index (χ2n) is 4.66. The average Bonchev–Trinajstić information content (AvgIpc) is 2.59. The van der Waals surface area contributed by atoms with Crippen molar-refractivity contribution in [3.05, 3.63) is 16.4 Å². The Labute approximate surface area is 109 Å². The number of carboxylic acids is 1. The fourth-order valence-electron chi connectivity index (χ4n) is 2.49. The summed E-state index contributed by atoms with van der Waals surface area (Å²) in [7, 11) is 1.64. The largest absolute Gasteiger partial charge is 0.480 e. The third-order valence-electron chi connectivity index (χ3n) is 3.37. The minimum Gasteiger partial charge on any atom is -0.480 e. The van der Waals surface area contributed by atoms with Crippen LogP contribution in [0.5, 0.6) is 0 Å². The summed E-state index contributed by atoms with van der Waals surface area (Å²) in [5.74, 6) is -0.952. The molecule has 1 aromatic rings. The fraction of sp³-hybridized carbons (Fsp3) is 0.636. The third-order valence-corrected chi connectivity index (χ3v) is 3.37. The van der Waals surface area contributed by atoms with Crippen LogP contribution in [0.15, 0.2) is 6.33 Å². The van der Waals surface area contributed by atoms with Crippen molar-refractivity contribution in [3.8, 4) is 0 Å². The van der Waals surface area contributed by atoms with Gasteiger partial charge in [-0.3, -0.25) is 4.57 Å². The van der Waals surface area contributed by atoms with Crippen LogP contribution in [0.25, 0.3) is 0 Å². The van der Waals surface area contributed by atoms with Crippen LogP contribution < -0.4 is 4.90 Å². The Kier molecular flexibility index (Phi) is 3.68. The van der Waals surface area contributed by atoms with Crippen LogP contribution in [0.2, 0.25) is 0 Å². The second-order valence-corrected chi connectivity index (χ2v) is 4.66. The summed E-state index contributed by atoms with van der Waals surface area (Å²) in [4.78, 5) is 27.1. The summed E-state index contributed by atoms with van der Waals surface area (Å²) >= 11 is 0. The molecule has 1 atom stereocenters. The number of hydrogen-bond acceptors (Lipinski definition) is 5. The van der Waals surface area contributed by atoms with Crippen molar-refractivity contribution in [1.82, 2.24) is 9.55 Å². The van der Waals surface area contributed by atoms with Gasteiger partial charge in [0.2, 0.25) is 12.1 Å². The number of aryl methyl sites for hydroxylation is 1. The van der Waals surface area contributed by atoms with Gasteiger partial charge < -0.3 is 20.1 Å². The van der Waals surface area contributed by atoms with E-state index in [0.717, 1.165) is 19.3 Å². The van der Waals surface area contributed by atoms with Crippen LogP contribution in [-0.2, 0) is 11.8 Å². The number of carboxylic acid groups (broad SMARTS) is 1. The molecule has 1 fully saturated rings. The molecule has 0 saturated carbocycles. The van der Waals surface area contributed by atoms with Crippen molar-refractivity contribution in [1.29, 1.82) is 0 Å². The first-order valence-electron chi connectivity index (χ1n) is 6.17. The van der Waals surface area contributed by atoms with Crippen molar-refractivity contribution in [3.63, 3.8) is 0 Å². The maximum atomic E-state index is 11.4. The van der Waals surface area contributed by atoms with Gasteiger partial charge in [-0.25, -0.2) is 4.79 Å². The second kappa shape index (κ2) is 5.25. The molecule has 8 heteroatoms. The number of imidazole rings is 1. The van der Waals surface area contributed by atoms with Gasteiger partial charge >= 0.3 is 11.8 Å². The number of hydrogen-bond donors (Lipinski definition) is 1. The zero-order chi connectivity index (χ0) is 14.0. The molecule has 1 aliphatic rings. The summed E-state index contributed by atoms with van der Waals surface area (Å²) in [6, 6.07) is -0.725. The minimum absolute atomic E-state index is 0.277. The lowest BCUT2D eigenvalue weighted by atomic mass is 10.1. The molecule has 1 unspecified atom stereocenters. The molecule has 0 radical (unpaired) electrons. The van der Waals surface area contributed by atoms with Crippen molar-refractivity contribution in [2.75, 3.05) is 11.4 Å². The highest BCUT2D eigenvalue weighted by molar-refractivity contribution is 5.79.